The Hall–Kier alpha value is -0.940. The van der Waals surface area contributed by atoms with Crippen molar-refractivity contribution < 1.29 is 61.6 Å². The molecule has 0 spiro atoms. The van der Waals surface area contributed by atoms with Crippen LogP contribution in [0.5, 0.6) is 0 Å². The standard InChI is InChI=1S/C8H4F13OP/c9-3(4(10)11)1-2-23(22,7(18,19)5(12,13)14)8(20,21)6(15,16)17/h1-2H2. The highest BCUT2D eigenvalue weighted by atomic mass is 31.2. The zero-order chi connectivity index (χ0) is 19.1. The molecule has 0 aromatic carbocycles. The Morgan fingerprint density at radius 2 is 1.00 bits per heavy atom. The second-order valence-electron chi connectivity index (χ2n) is 3.96. The summed E-state index contributed by atoms with van der Waals surface area (Å²) in [5.74, 6) is -2.85. The fourth-order valence-electron chi connectivity index (χ4n) is 1.22. The van der Waals surface area contributed by atoms with Crippen molar-refractivity contribution in [1.82, 2.24) is 0 Å². The SMILES string of the molecule is O=P(CCC(F)=C(F)F)(C(F)(F)C(F)(F)F)C(F)(F)C(F)(F)F. The van der Waals surface area contributed by atoms with Crippen LogP contribution in [0.3, 0.4) is 0 Å². The molecule has 0 radical (unpaired) electrons. The molecule has 0 aliphatic heterocycles. The van der Waals surface area contributed by atoms with Gasteiger partial charge in [-0.25, -0.2) is 4.39 Å². The molecule has 0 unspecified atom stereocenters. The van der Waals surface area contributed by atoms with Crippen molar-refractivity contribution in [3.63, 3.8) is 0 Å². The summed E-state index contributed by atoms with van der Waals surface area (Å²) in [5.41, 5.74) is -14.2. The largest absolute Gasteiger partial charge is 0.461 e. The second-order valence-corrected chi connectivity index (χ2v) is 7.01. The van der Waals surface area contributed by atoms with E-state index in [2.05, 4.69) is 0 Å². The molecule has 0 saturated carbocycles. The van der Waals surface area contributed by atoms with E-state index in [9.17, 15) is 61.6 Å². The van der Waals surface area contributed by atoms with Crippen molar-refractivity contribution >= 4 is 7.14 Å². The first-order valence-electron chi connectivity index (χ1n) is 5.01. The molecule has 0 aromatic rings. The van der Waals surface area contributed by atoms with Crippen molar-refractivity contribution in [1.29, 1.82) is 0 Å². The summed E-state index contributed by atoms with van der Waals surface area (Å²) < 4.78 is 171. The lowest BCUT2D eigenvalue weighted by atomic mass is 10.4. The number of alkyl halides is 10. The lowest BCUT2D eigenvalue weighted by Crippen LogP contribution is -2.48. The number of rotatable bonds is 5. The lowest BCUT2D eigenvalue weighted by molar-refractivity contribution is -0.266. The third kappa shape index (κ3) is 3.77. The summed E-state index contributed by atoms with van der Waals surface area (Å²) in [6.07, 6.45) is -23.0. The minimum atomic E-state index is -7.99. The number of allylic oxidation sites excluding steroid dienone is 1. The first kappa shape index (κ1) is 22.1. The summed E-state index contributed by atoms with van der Waals surface area (Å²) in [5, 5.41) is 0. The van der Waals surface area contributed by atoms with Crippen molar-refractivity contribution in [3.05, 3.63) is 11.9 Å². The summed E-state index contributed by atoms with van der Waals surface area (Å²) in [4.78, 5) is 0. The fraction of sp³-hybridized carbons (Fsp3) is 0.750. The Bertz CT molecular complexity index is 479. The third-order valence-corrected chi connectivity index (χ3v) is 5.62. The van der Waals surface area contributed by atoms with E-state index in [1.165, 1.54) is 0 Å². The van der Waals surface area contributed by atoms with Crippen LogP contribution in [-0.2, 0) is 4.57 Å². The van der Waals surface area contributed by atoms with Crippen LogP contribution >= 0.6 is 7.14 Å². The van der Waals surface area contributed by atoms with E-state index in [0.29, 0.717) is 0 Å². The lowest BCUT2D eigenvalue weighted by Gasteiger charge is -2.34. The molecule has 138 valence electrons. The van der Waals surface area contributed by atoms with Crippen LogP contribution in [0.1, 0.15) is 6.42 Å². The maximum absolute atomic E-state index is 13.0. The van der Waals surface area contributed by atoms with E-state index in [0.717, 1.165) is 0 Å². The number of hydrogen-bond donors (Lipinski definition) is 0. The molecule has 0 fully saturated rings. The molecule has 0 bridgehead atoms. The van der Waals surface area contributed by atoms with Crippen molar-refractivity contribution in [3.8, 4) is 0 Å². The molecule has 0 heterocycles. The molecule has 0 aliphatic carbocycles. The summed E-state index contributed by atoms with van der Waals surface area (Å²) >= 11 is 0. The highest BCUT2D eigenvalue weighted by molar-refractivity contribution is 7.66. The van der Waals surface area contributed by atoms with Gasteiger partial charge in [-0.1, -0.05) is 0 Å². The third-order valence-electron chi connectivity index (χ3n) is 2.44. The van der Waals surface area contributed by atoms with E-state index in [1.807, 2.05) is 0 Å². The zero-order valence-corrected chi connectivity index (χ0v) is 11.1. The molecule has 1 nitrogen and oxygen atoms in total. The second kappa shape index (κ2) is 6.17. The van der Waals surface area contributed by atoms with Crippen LogP contribution in [0.15, 0.2) is 11.9 Å². The molecule has 0 saturated heterocycles. The van der Waals surface area contributed by atoms with Crippen LogP contribution in [-0.4, -0.2) is 29.8 Å². The average Bonchev–Trinajstić information content (AvgIpc) is 2.31. The molecular formula is C8H4F13OP. The van der Waals surface area contributed by atoms with Gasteiger partial charge in [-0.15, -0.1) is 0 Å². The van der Waals surface area contributed by atoms with Crippen LogP contribution in [0.25, 0.3) is 0 Å². The Kier molecular flexibility index (Phi) is 5.92. The van der Waals surface area contributed by atoms with Gasteiger partial charge >= 0.3 is 29.8 Å². The van der Waals surface area contributed by atoms with E-state index in [4.69, 9.17) is 0 Å². The minimum Gasteiger partial charge on any atom is -0.310 e. The summed E-state index contributed by atoms with van der Waals surface area (Å²) in [6, 6.07) is 0. The Morgan fingerprint density at radius 1 is 0.696 bits per heavy atom. The molecule has 0 aliphatic rings. The van der Waals surface area contributed by atoms with Crippen LogP contribution in [0.2, 0.25) is 0 Å². The Morgan fingerprint density at radius 3 is 1.22 bits per heavy atom. The maximum atomic E-state index is 13.0. The summed E-state index contributed by atoms with van der Waals surface area (Å²) in [6.45, 7) is 0. The minimum absolute atomic E-state index is 2.43. The highest BCUT2D eigenvalue weighted by Crippen LogP contribution is 2.77. The molecule has 0 N–H and O–H groups in total. The topological polar surface area (TPSA) is 17.1 Å². The maximum Gasteiger partial charge on any atom is 0.461 e. The Balaban J connectivity index is 6.24. The van der Waals surface area contributed by atoms with Crippen LogP contribution < -0.4 is 0 Å². The predicted molar refractivity (Wildman–Crippen MR) is 49.4 cm³/mol. The molecule has 15 heteroatoms. The number of halogens is 13. The van der Waals surface area contributed by atoms with Gasteiger partial charge in [-0.05, 0) is 0 Å². The van der Waals surface area contributed by atoms with Crippen molar-refractivity contribution in [2.24, 2.45) is 0 Å². The van der Waals surface area contributed by atoms with Gasteiger partial charge in [0.2, 0.25) is 7.14 Å². The van der Waals surface area contributed by atoms with Gasteiger partial charge in [0.25, 0.3) is 0 Å². The van der Waals surface area contributed by atoms with Crippen LogP contribution in [0, 0.1) is 0 Å². The zero-order valence-electron chi connectivity index (χ0n) is 10.2. The quantitative estimate of drug-likeness (QED) is 0.405. The highest BCUT2D eigenvalue weighted by Gasteiger charge is 2.82. The van der Waals surface area contributed by atoms with Crippen molar-refractivity contribution in [2.75, 3.05) is 6.16 Å². The first-order valence-corrected chi connectivity index (χ1v) is 6.90. The molecule has 0 aromatic heterocycles. The van der Waals surface area contributed by atoms with Gasteiger partial charge in [-0.3, -0.25) is 0 Å². The summed E-state index contributed by atoms with van der Waals surface area (Å²) in [7, 11) is -7.99. The molecule has 0 rings (SSSR count). The van der Waals surface area contributed by atoms with Gasteiger partial charge in [0.1, 0.15) is 0 Å². The molecular weight excluding hydrogens is 390 g/mol. The predicted octanol–water partition coefficient (Wildman–Crippen LogP) is 6.13. The molecule has 23 heavy (non-hydrogen) atoms. The fourth-order valence-corrected chi connectivity index (χ4v) is 3.46. The van der Waals surface area contributed by atoms with Crippen LogP contribution in [0.4, 0.5) is 57.1 Å². The van der Waals surface area contributed by atoms with E-state index < -0.39 is 55.3 Å². The van der Waals surface area contributed by atoms with Gasteiger partial charge < -0.3 is 4.57 Å². The smallest absolute Gasteiger partial charge is 0.310 e. The van der Waals surface area contributed by atoms with Gasteiger partial charge in [0, 0.05) is 12.6 Å². The molecule has 0 amide bonds. The van der Waals surface area contributed by atoms with Crippen molar-refractivity contribution in [2.45, 2.75) is 30.1 Å². The van der Waals surface area contributed by atoms with Gasteiger partial charge in [0.15, 0.2) is 5.83 Å². The molecule has 0 atom stereocenters. The van der Waals surface area contributed by atoms with Gasteiger partial charge in [-0.2, -0.15) is 52.7 Å². The number of hydrogen-bond acceptors (Lipinski definition) is 1. The first-order chi connectivity index (χ1) is 9.83. The average molecular weight is 394 g/mol. The Labute approximate surface area is 118 Å². The normalized spacial score (nSPS) is 14.8. The van der Waals surface area contributed by atoms with E-state index in [1.54, 1.807) is 0 Å². The van der Waals surface area contributed by atoms with Gasteiger partial charge in [0.05, 0.1) is 0 Å². The van der Waals surface area contributed by atoms with E-state index >= 15 is 0 Å². The monoisotopic (exact) mass is 394 g/mol. The van der Waals surface area contributed by atoms with E-state index in [-0.39, 0.29) is 0 Å².